The summed E-state index contributed by atoms with van der Waals surface area (Å²) in [6.45, 7) is 0. The summed E-state index contributed by atoms with van der Waals surface area (Å²) in [4.78, 5) is 32.8. The van der Waals surface area contributed by atoms with E-state index >= 15 is 0 Å². The number of hydrogen-bond acceptors (Lipinski definition) is 4. The van der Waals surface area contributed by atoms with E-state index in [0.717, 1.165) is 0 Å². The number of amides is 4. The van der Waals surface area contributed by atoms with Gasteiger partial charge in [0.15, 0.2) is 0 Å². The number of nitrogens with two attached hydrogens (primary N) is 2. The van der Waals surface area contributed by atoms with Crippen molar-refractivity contribution in [2.45, 2.75) is 12.5 Å². The van der Waals surface area contributed by atoms with Gasteiger partial charge in [0.1, 0.15) is 6.04 Å². The quantitative estimate of drug-likeness (QED) is 0.600. The van der Waals surface area contributed by atoms with Gasteiger partial charge in [-0.15, -0.1) is 0 Å². The Bertz CT molecular complexity index is 257. The molecule has 0 aliphatic heterocycles. The third-order valence-corrected chi connectivity index (χ3v) is 2.31. The van der Waals surface area contributed by atoms with Gasteiger partial charge < -0.3 is 16.6 Å². The van der Waals surface area contributed by atoms with E-state index in [9.17, 15) is 14.4 Å². The SMILES string of the molecule is CSCC[C@@H](C(=O)O)N(C(N)=O)C(N)=O. The number of carboxylic acid groups (broad SMARTS) is 1. The van der Waals surface area contributed by atoms with Crippen LogP contribution in [-0.2, 0) is 4.79 Å². The molecule has 0 aromatic carbocycles. The van der Waals surface area contributed by atoms with Gasteiger partial charge in [-0.3, -0.25) is 0 Å². The molecule has 0 spiro atoms. The second kappa shape index (κ2) is 6.12. The molecular formula is C7H13N3O4S. The summed E-state index contributed by atoms with van der Waals surface area (Å²) < 4.78 is 0. The Hall–Kier alpha value is -1.44. The number of aliphatic carboxylic acids is 1. The summed E-state index contributed by atoms with van der Waals surface area (Å²) in [6.07, 6.45) is 1.89. The Kier molecular flexibility index (Phi) is 5.53. The summed E-state index contributed by atoms with van der Waals surface area (Å²) in [5.74, 6) is -0.824. The lowest BCUT2D eigenvalue weighted by Crippen LogP contribution is -2.53. The third-order valence-electron chi connectivity index (χ3n) is 1.67. The van der Waals surface area contributed by atoms with Gasteiger partial charge in [-0.05, 0) is 18.4 Å². The Morgan fingerprint density at radius 3 is 2.07 bits per heavy atom. The van der Waals surface area contributed by atoms with Crippen LogP contribution in [0.5, 0.6) is 0 Å². The third kappa shape index (κ3) is 4.07. The first-order chi connectivity index (χ1) is 6.91. The van der Waals surface area contributed by atoms with E-state index in [1.54, 1.807) is 6.26 Å². The normalized spacial score (nSPS) is 11.8. The van der Waals surface area contributed by atoms with Crippen LogP contribution in [0.4, 0.5) is 9.59 Å². The molecule has 4 amide bonds. The fourth-order valence-electron chi connectivity index (χ4n) is 1.01. The van der Waals surface area contributed by atoms with Crippen LogP contribution in [0.1, 0.15) is 6.42 Å². The number of primary amides is 2. The van der Waals surface area contributed by atoms with Gasteiger partial charge in [-0.2, -0.15) is 11.8 Å². The first-order valence-corrected chi connectivity index (χ1v) is 5.41. The predicted molar refractivity (Wildman–Crippen MR) is 55.4 cm³/mol. The molecule has 7 nitrogen and oxygen atoms in total. The van der Waals surface area contributed by atoms with Crippen molar-refractivity contribution in [2.75, 3.05) is 12.0 Å². The van der Waals surface area contributed by atoms with Crippen LogP contribution in [0.25, 0.3) is 0 Å². The van der Waals surface area contributed by atoms with Gasteiger partial charge in [-0.25, -0.2) is 19.3 Å². The highest BCUT2D eigenvalue weighted by atomic mass is 32.2. The lowest BCUT2D eigenvalue weighted by Gasteiger charge is -2.23. The van der Waals surface area contributed by atoms with Crippen LogP contribution in [0.2, 0.25) is 0 Å². The smallest absolute Gasteiger partial charge is 0.327 e. The maximum atomic E-state index is 10.8. The van der Waals surface area contributed by atoms with E-state index < -0.39 is 24.1 Å². The van der Waals surface area contributed by atoms with Crippen LogP contribution in [0, 0.1) is 0 Å². The van der Waals surface area contributed by atoms with Gasteiger partial charge in [-0.1, -0.05) is 0 Å². The average molecular weight is 235 g/mol. The van der Waals surface area contributed by atoms with E-state index in [4.69, 9.17) is 16.6 Å². The molecule has 0 bridgehead atoms. The predicted octanol–water partition coefficient (Wildman–Crippen LogP) is -0.348. The van der Waals surface area contributed by atoms with E-state index in [2.05, 4.69) is 0 Å². The van der Waals surface area contributed by atoms with Crippen molar-refractivity contribution in [1.82, 2.24) is 4.90 Å². The summed E-state index contributed by atoms with van der Waals surface area (Å²) in [6, 6.07) is -3.61. The zero-order valence-corrected chi connectivity index (χ0v) is 8.99. The summed E-state index contributed by atoms with van der Waals surface area (Å²) in [7, 11) is 0. The number of carbonyl (C=O) groups excluding carboxylic acids is 2. The van der Waals surface area contributed by atoms with E-state index in [-0.39, 0.29) is 6.42 Å². The molecule has 0 aromatic rings. The van der Waals surface area contributed by atoms with Gasteiger partial charge >= 0.3 is 18.0 Å². The molecular weight excluding hydrogens is 222 g/mol. The minimum atomic E-state index is -1.30. The molecule has 0 rings (SSSR count). The number of carboxylic acids is 1. The molecule has 0 aliphatic carbocycles. The van der Waals surface area contributed by atoms with Crippen molar-refractivity contribution in [3.05, 3.63) is 0 Å². The molecule has 0 radical (unpaired) electrons. The largest absolute Gasteiger partial charge is 0.480 e. The summed E-state index contributed by atoms with van der Waals surface area (Å²) in [5, 5.41) is 8.80. The van der Waals surface area contributed by atoms with Crippen LogP contribution < -0.4 is 11.5 Å². The lowest BCUT2D eigenvalue weighted by atomic mass is 10.2. The summed E-state index contributed by atoms with van der Waals surface area (Å²) >= 11 is 1.39. The number of urea groups is 2. The van der Waals surface area contributed by atoms with Crippen molar-refractivity contribution in [2.24, 2.45) is 11.5 Å². The fourth-order valence-corrected chi connectivity index (χ4v) is 1.47. The molecule has 0 aliphatic rings. The lowest BCUT2D eigenvalue weighted by molar-refractivity contribution is -0.141. The number of carbonyl (C=O) groups is 3. The second-order valence-electron chi connectivity index (χ2n) is 2.68. The molecule has 0 unspecified atom stereocenters. The van der Waals surface area contributed by atoms with E-state index in [1.807, 2.05) is 0 Å². The number of rotatable bonds is 5. The van der Waals surface area contributed by atoms with Crippen molar-refractivity contribution in [3.63, 3.8) is 0 Å². The van der Waals surface area contributed by atoms with Crippen molar-refractivity contribution < 1.29 is 19.5 Å². The first kappa shape index (κ1) is 13.6. The van der Waals surface area contributed by atoms with Gasteiger partial charge in [0.2, 0.25) is 0 Å². The highest BCUT2D eigenvalue weighted by Gasteiger charge is 2.31. The Balaban J connectivity index is 4.76. The number of thioether (sulfide) groups is 1. The van der Waals surface area contributed by atoms with Crippen LogP contribution in [0.15, 0.2) is 0 Å². The molecule has 86 valence electrons. The maximum Gasteiger partial charge on any atom is 0.327 e. The van der Waals surface area contributed by atoms with Crippen molar-refractivity contribution in [1.29, 1.82) is 0 Å². The van der Waals surface area contributed by atoms with Crippen LogP contribution in [-0.4, -0.2) is 46.1 Å². The minimum Gasteiger partial charge on any atom is -0.480 e. The first-order valence-electron chi connectivity index (χ1n) is 4.01. The van der Waals surface area contributed by atoms with Crippen molar-refractivity contribution in [3.8, 4) is 0 Å². The average Bonchev–Trinajstić information content (AvgIpc) is 2.09. The minimum absolute atomic E-state index is 0.113. The molecule has 8 heteroatoms. The fraction of sp³-hybridized carbons (Fsp3) is 0.571. The Morgan fingerprint density at radius 1 is 1.33 bits per heavy atom. The Morgan fingerprint density at radius 2 is 1.80 bits per heavy atom. The molecule has 5 N–H and O–H groups in total. The molecule has 0 saturated carbocycles. The van der Waals surface area contributed by atoms with Crippen LogP contribution in [0.3, 0.4) is 0 Å². The summed E-state index contributed by atoms with van der Waals surface area (Å²) in [5.41, 5.74) is 9.73. The zero-order chi connectivity index (χ0) is 12.0. The highest BCUT2D eigenvalue weighted by Crippen LogP contribution is 2.08. The van der Waals surface area contributed by atoms with Crippen LogP contribution >= 0.6 is 11.8 Å². The van der Waals surface area contributed by atoms with Gasteiger partial charge in [0.25, 0.3) is 0 Å². The van der Waals surface area contributed by atoms with Gasteiger partial charge in [0.05, 0.1) is 0 Å². The molecule has 0 fully saturated rings. The second-order valence-corrected chi connectivity index (χ2v) is 3.67. The monoisotopic (exact) mass is 235 g/mol. The molecule has 0 saturated heterocycles. The molecule has 0 aromatic heterocycles. The molecule has 0 heterocycles. The maximum absolute atomic E-state index is 10.8. The van der Waals surface area contributed by atoms with Gasteiger partial charge in [0, 0.05) is 0 Å². The molecule has 1 atom stereocenters. The topological polar surface area (TPSA) is 127 Å². The number of imide groups is 1. The number of hydrogen-bond donors (Lipinski definition) is 3. The van der Waals surface area contributed by atoms with E-state index in [1.165, 1.54) is 11.8 Å². The van der Waals surface area contributed by atoms with Crippen molar-refractivity contribution >= 4 is 29.8 Å². The number of nitrogens with zero attached hydrogens (tertiary/aromatic N) is 1. The highest BCUT2D eigenvalue weighted by molar-refractivity contribution is 7.98. The zero-order valence-electron chi connectivity index (χ0n) is 8.17. The van der Waals surface area contributed by atoms with E-state index in [0.29, 0.717) is 10.7 Å². The Labute approximate surface area is 90.8 Å². The molecule has 15 heavy (non-hydrogen) atoms. The standard InChI is InChI=1S/C7H13N3O4S/c1-15-3-2-4(5(11)12)10(6(8)13)7(9)14/h4H,2-3H2,1H3,(H2,8,13)(H2,9,14)(H,11,12)/t4-/m0/s1.